The van der Waals surface area contributed by atoms with Crippen molar-refractivity contribution in [2.24, 2.45) is 0 Å². The minimum atomic E-state index is -0.701. The van der Waals surface area contributed by atoms with Gasteiger partial charge in [0.1, 0.15) is 12.6 Å². The minimum Gasteiger partial charge on any atom is -0.464 e. The molecule has 0 aromatic heterocycles. The van der Waals surface area contributed by atoms with Crippen molar-refractivity contribution in [3.63, 3.8) is 0 Å². The normalized spacial score (nSPS) is 11.5. The first-order chi connectivity index (χ1) is 9.11. The van der Waals surface area contributed by atoms with E-state index >= 15 is 0 Å². The standard InChI is InChI=1S/C14H25NO4/c1-4-6-7-8-9-11-18-13(16)12(3)15-14(17)19-10-5-2/h5,12H,2,4,6-11H2,1,3H3,(H,15,17). The number of nitrogens with one attached hydrogen (secondary N) is 1. The van der Waals surface area contributed by atoms with Crippen molar-refractivity contribution < 1.29 is 19.1 Å². The summed E-state index contributed by atoms with van der Waals surface area (Å²) in [6.07, 6.45) is 6.29. The fourth-order valence-electron chi connectivity index (χ4n) is 1.42. The lowest BCUT2D eigenvalue weighted by atomic mass is 10.2. The average Bonchev–Trinajstić information content (AvgIpc) is 2.40. The van der Waals surface area contributed by atoms with Crippen molar-refractivity contribution in [2.75, 3.05) is 13.2 Å². The van der Waals surface area contributed by atoms with Crippen LogP contribution < -0.4 is 5.32 Å². The monoisotopic (exact) mass is 271 g/mol. The van der Waals surface area contributed by atoms with E-state index in [0.717, 1.165) is 19.3 Å². The molecule has 0 saturated carbocycles. The summed E-state index contributed by atoms with van der Waals surface area (Å²) in [5, 5.41) is 2.39. The first kappa shape index (κ1) is 17.5. The first-order valence-electron chi connectivity index (χ1n) is 6.82. The van der Waals surface area contributed by atoms with Gasteiger partial charge in [0.25, 0.3) is 0 Å². The van der Waals surface area contributed by atoms with Crippen molar-refractivity contribution in [2.45, 2.75) is 52.0 Å². The molecule has 1 unspecified atom stereocenters. The third-order valence-corrected chi connectivity index (χ3v) is 2.51. The van der Waals surface area contributed by atoms with E-state index in [2.05, 4.69) is 18.8 Å². The molecule has 0 spiro atoms. The molecule has 1 N–H and O–H groups in total. The van der Waals surface area contributed by atoms with Gasteiger partial charge >= 0.3 is 12.1 Å². The molecule has 0 heterocycles. The number of carbonyl (C=O) groups excluding carboxylic acids is 2. The summed E-state index contributed by atoms with van der Waals surface area (Å²) in [5.41, 5.74) is 0. The van der Waals surface area contributed by atoms with Crippen molar-refractivity contribution >= 4 is 12.1 Å². The van der Waals surface area contributed by atoms with Gasteiger partial charge in [-0.15, -0.1) is 0 Å². The van der Waals surface area contributed by atoms with Crippen molar-refractivity contribution in [1.29, 1.82) is 0 Å². The number of hydrogen-bond donors (Lipinski definition) is 1. The summed E-state index contributed by atoms with van der Waals surface area (Å²) in [6, 6.07) is -0.701. The summed E-state index contributed by atoms with van der Waals surface area (Å²) < 4.78 is 9.77. The lowest BCUT2D eigenvalue weighted by molar-refractivity contribution is -0.145. The first-order valence-corrected chi connectivity index (χ1v) is 6.82. The lowest BCUT2D eigenvalue weighted by Gasteiger charge is -2.13. The fraction of sp³-hybridized carbons (Fsp3) is 0.714. The van der Waals surface area contributed by atoms with Gasteiger partial charge in [0.2, 0.25) is 0 Å². The minimum absolute atomic E-state index is 0.116. The maximum Gasteiger partial charge on any atom is 0.408 e. The van der Waals surface area contributed by atoms with Gasteiger partial charge in [-0.2, -0.15) is 0 Å². The number of esters is 1. The second kappa shape index (κ2) is 11.6. The molecule has 0 aliphatic heterocycles. The third-order valence-electron chi connectivity index (χ3n) is 2.51. The van der Waals surface area contributed by atoms with Gasteiger partial charge < -0.3 is 14.8 Å². The molecular formula is C14H25NO4. The topological polar surface area (TPSA) is 64.6 Å². The number of rotatable bonds is 10. The van der Waals surface area contributed by atoms with Gasteiger partial charge in [-0.1, -0.05) is 45.3 Å². The molecule has 19 heavy (non-hydrogen) atoms. The fourth-order valence-corrected chi connectivity index (χ4v) is 1.42. The Morgan fingerprint density at radius 3 is 2.53 bits per heavy atom. The van der Waals surface area contributed by atoms with Crippen LogP contribution in [0.25, 0.3) is 0 Å². The highest BCUT2D eigenvalue weighted by Crippen LogP contribution is 2.02. The number of alkyl carbamates (subject to hydrolysis) is 1. The largest absolute Gasteiger partial charge is 0.464 e. The Labute approximate surface area is 115 Å². The highest BCUT2D eigenvalue weighted by molar-refractivity contribution is 5.80. The maximum atomic E-state index is 11.5. The molecule has 0 fully saturated rings. The summed E-state index contributed by atoms with van der Waals surface area (Å²) in [6.45, 7) is 7.65. The molecule has 1 atom stereocenters. The Hall–Kier alpha value is -1.52. The average molecular weight is 271 g/mol. The van der Waals surface area contributed by atoms with Crippen LogP contribution >= 0.6 is 0 Å². The number of ether oxygens (including phenoxy) is 2. The lowest BCUT2D eigenvalue weighted by Crippen LogP contribution is -2.40. The summed E-state index contributed by atoms with van der Waals surface area (Å²) in [5.74, 6) is -0.439. The van der Waals surface area contributed by atoms with Gasteiger partial charge in [-0.3, -0.25) is 0 Å². The zero-order chi connectivity index (χ0) is 14.5. The quantitative estimate of drug-likeness (QED) is 0.377. The molecule has 0 aromatic rings. The van der Waals surface area contributed by atoms with E-state index in [0.29, 0.717) is 6.61 Å². The molecule has 5 heteroatoms. The summed E-state index contributed by atoms with van der Waals surface area (Å²) in [7, 11) is 0. The van der Waals surface area contributed by atoms with E-state index in [1.165, 1.54) is 18.9 Å². The number of hydrogen-bond acceptors (Lipinski definition) is 4. The Bertz CT molecular complexity index is 279. The third kappa shape index (κ3) is 10.1. The highest BCUT2D eigenvalue weighted by atomic mass is 16.6. The second-order valence-corrected chi connectivity index (χ2v) is 4.33. The van der Waals surface area contributed by atoms with E-state index in [1.54, 1.807) is 6.92 Å². The van der Waals surface area contributed by atoms with Crippen molar-refractivity contribution in [1.82, 2.24) is 5.32 Å². The molecule has 0 aromatic carbocycles. The molecule has 1 amide bonds. The van der Waals surface area contributed by atoms with Gasteiger partial charge in [0.05, 0.1) is 6.61 Å². The Morgan fingerprint density at radius 2 is 1.89 bits per heavy atom. The van der Waals surface area contributed by atoms with Gasteiger partial charge in [0, 0.05) is 0 Å². The molecule has 0 rings (SSSR count). The van der Waals surface area contributed by atoms with Crippen LogP contribution in [0.4, 0.5) is 4.79 Å². The number of amides is 1. The van der Waals surface area contributed by atoms with Gasteiger partial charge in [0.15, 0.2) is 0 Å². The maximum absolute atomic E-state index is 11.5. The number of carbonyl (C=O) groups is 2. The Balaban J connectivity index is 3.64. The Morgan fingerprint density at radius 1 is 1.21 bits per heavy atom. The predicted molar refractivity (Wildman–Crippen MR) is 73.9 cm³/mol. The van der Waals surface area contributed by atoms with E-state index < -0.39 is 18.1 Å². The van der Waals surface area contributed by atoms with E-state index in [4.69, 9.17) is 9.47 Å². The molecule has 0 aliphatic carbocycles. The molecule has 0 bridgehead atoms. The van der Waals surface area contributed by atoms with E-state index in [9.17, 15) is 9.59 Å². The van der Waals surface area contributed by atoms with Crippen LogP contribution in [0.1, 0.15) is 46.0 Å². The van der Waals surface area contributed by atoms with Gasteiger partial charge in [-0.05, 0) is 13.3 Å². The van der Waals surface area contributed by atoms with Gasteiger partial charge in [-0.25, -0.2) is 9.59 Å². The SMILES string of the molecule is C=CCOC(=O)NC(C)C(=O)OCCCCCCC. The van der Waals surface area contributed by atoms with Crippen LogP contribution in [0.2, 0.25) is 0 Å². The van der Waals surface area contributed by atoms with E-state index in [-0.39, 0.29) is 6.61 Å². The van der Waals surface area contributed by atoms with Crippen LogP contribution in [0.5, 0.6) is 0 Å². The Kier molecular flexibility index (Phi) is 10.6. The molecule has 0 saturated heterocycles. The predicted octanol–water partition coefficient (Wildman–Crippen LogP) is 2.80. The molecule has 5 nitrogen and oxygen atoms in total. The highest BCUT2D eigenvalue weighted by Gasteiger charge is 2.17. The van der Waals surface area contributed by atoms with Crippen LogP contribution in [0.3, 0.4) is 0 Å². The van der Waals surface area contributed by atoms with Crippen LogP contribution in [-0.4, -0.2) is 31.3 Å². The van der Waals surface area contributed by atoms with Crippen LogP contribution in [0, 0.1) is 0 Å². The molecule has 110 valence electrons. The smallest absolute Gasteiger partial charge is 0.408 e. The van der Waals surface area contributed by atoms with E-state index in [1.807, 2.05) is 0 Å². The van der Waals surface area contributed by atoms with Crippen molar-refractivity contribution in [3.05, 3.63) is 12.7 Å². The second-order valence-electron chi connectivity index (χ2n) is 4.33. The summed E-state index contributed by atoms with van der Waals surface area (Å²) >= 11 is 0. The van der Waals surface area contributed by atoms with Crippen LogP contribution in [0.15, 0.2) is 12.7 Å². The zero-order valence-electron chi connectivity index (χ0n) is 11.9. The van der Waals surface area contributed by atoms with Crippen LogP contribution in [-0.2, 0) is 14.3 Å². The molecular weight excluding hydrogens is 246 g/mol. The molecule has 0 radical (unpaired) electrons. The molecule has 0 aliphatic rings. The summed E-state index contributed by atoms with van der Waals surface area (Å²) in [4.78, 5) is 22.7. The van der Waals surface area contributed by atoms with Crippen molar-refractivity contribution in [3.8, 4) is 0 Å². The number of unbranched alkanes of at least 4 members (excludes halogenated alkanes) is 4. The zero-order valence-corrected chi connectivity index (χ0v) is 11.9.